The third kappa shape index (κ3) is 4.72. The van der Waals surface area contributed by atoms with E-state index in [0.717, 1.165) is 22.1 Å². The van der Waals surface area contributed by atoms with Crippen LogP contribution >= 0.6 is 8.15 Å². The van der Waals surface area contributed by atoms with E-state index in [1.54, 1.807) is 0 Å². The lowest BCUT2D eigenvalue weighted by molar-refractivity contribution is 0.242. The SMILES string of the molecule is CC(C)Oc1ccc(P(O)c2ccc(OC(C)C)cc2)cc1. The molecule has 0 radical (unpaired) electrons. The Bertz CT molecular complexity index is 523. The van der Waals surface area contributed by atoms with E-state index in [1.165, 1.54) is 0 Å². The zero-order chi connectivity index (χ0) is 16.1. The average Bonchev–Trinajstić information content (AvgIpc) is 2.47. The summed E-state index contributed by atoms with van der Waals surface area (Å²) in [6.07, 6.45) is 0.296. The van der Waals surface area contributed by atoms with Gasteiger partial charge in [-0.2, -0.15) is 0 Å². The Hall–Kier alpha value is -1.57. The molecule has 4 heteroatoms. The Kier molecular flexibility index (Phi) is 5.82. The molecule has 0 aromatic heterocycles. The largest absolute Gasteiger partial charge is 0.491 e. The van der Waals surface area contributed by atoms with Gasteiger partial charge >= 0.3 is 0 Å². The van der Waals surface area contributed by atoms with Gasteiger partial charge in [-0.3, -0.25) is 0 Å². The Labute approximate surface area is 133 Å². The van der Waals surface area contributed by atoms with Crippen LogP contribution in [0.25, 0.3) is 0 Å². The summed E-state index contributed by atoms with van der Waals surface area (Å²) in [6, 6.07) is 15.3. The van der Waals surface area contributed by atoms with Crippen molar-refractivity contribution in [3.05, 3.63) is 48.5 Å². The van der Waals surface area contributed by atoms with E-state index < -0.39 is 8.15 Å². The lowest BCUT2D eigenvalue weighted by Gasteiger charge is -2.14. The third-order valence-corrected chi connectivity index (χ3v) is 4.48. The van der Waals surface area contributed by atoms with Crippen molar-refractivity contribution >= 4 is 18.8 Å². The first-order chi connectivity index (χ1) is 10.5. The highest BCUT2D eigenvalue weighted by Gasteiger charge is 2.11. The Morgan fingerprint density at radius 3 is 1.27 bits per heavy atom. The van der Waals surface area contributed by atoms with Crippen molar-refractivity contribution in [2.45, 2.75) is 39.9 Å². The van der Waals surface area contributed by atoms with Crippen molar-refractivity contribution in [2.75, 3.05) is 0 Å². The van der Waals surface area contributed by atoms with Crippen LogP contribution in [0.3, 0.4) is 0 Å². The second kappa shape index (κ2) is 7.62. The molecule has 0 spiro atoms. The van der Waals surface area contributed by atoms with Crippen LogP contribution < -0.4 is 20.1 Å². The highest BCUT2D eigenvalue weighted by Crippen LogP contribution is 2.29. The summed E-state index contributed by atoms with van der Waals surface area (Å²) in [5.41, 5.74) is 0. The first-order valence-electron chi connectivity index (χ1n) is 7.48. The fraction of sp³-hybridized carbons (Fsp3) is 0.333. The molecule has 0 unspecified atom stereocenters. The van der Waals surface area contributed by atoms with E-state index in [-0.39, 0.29) is 12.2 Å². The molecule has 0 saturated heterocycles. The van der Waals surface area contributed by atoms with Crippen LogP contribution in [-0.2, 0) is 0 Å². The van der Waals surface area contributed by atoms with Crippen LogP contribution in [-0.4, -0.2) is 17.1 Å². The zero-order valence-electron chi connectivity index (χ0n) is 13.5. The third-order valence-electron chi connectivity index (χ3n) is 2.91. The fourth-order valence-corrected chi connectivity index (χ4v) is 3.19. The molecule has 2 aromatic rings. The van der Waals surface area contributed by atoms with Crippen LogP contribution in [0.15, 0.2) is 48.5 Å². The molecule has 0 bridgehead atoms. The molecule has 0 fully saturated rings. The lowest BCUT2D eigenvalue weighted by Crippen LogP contribution is -2.12. The topological polar surface area (TPSA) is 38.7 Å². The van der Waals surface area contributed by atoms with Crippen LogP contribution in [0.1, 0.15) is 27.7 Å². The van der Waals surface area contributed by atoms with E-state index in [2.05, 4.69) is 0 Å². The second-order valence-electron chi connectivity index (χ2n) is 5.63. The smallest absolute Gasteiger partial charge is 0.119 e. The van der Waals surface area contributed by atoms with E-state index in [0.29, 0.717) is 0 Å². The molecule has 1 N–H and O–H groups in total. The molecule has 0 aliphatic carbocycles. The molecule has 3 nitrogen and oxygen atoms in total. The summed E-state index contributed by atoms with van der Waals surface area (Å²) in [5.74, 6) is 1.64. The van der Waals surface area contributed by atoms with Gasteiger partial charge in [-0.1, -0.05) is 0 Å². The van der Waals surface area contributed by atoms with Gasteiger partial charge in [0.15, 0.2) is 0 Å². The van der Waals surface area contributed by atoms with Gasteiger partial charge in [0.2, 0.25) is 0 Å². The van der Waals surface area contributed by atoms with Crippen molar-refractivity contribution in [2.24, 2.45) is 0 Å². The monoisotopic (exact) mass is 318 g/mol. The molecule has 118 valence electrons. The minimum absolute atomic E-state index is 0.148. The summed E-state index contributed by atoms with van der Waals surface area (Å²) < 4.78 is 11.2. The molecular weight excluding hydrogens is 295 g/mol. The summed E-state index contributed by atoms with van der Waals surface area (Å²) in [6.45, 7) is 7.97. The van der Waals surface area contributed by atoms with E-state index >= 15 is 0 Å². The molecule has 0 atom stereocenters. The first kappa shape index (κ1) is 16.8. The standard InChI is InChI=1S/C18H23O3P/c1-13(2)20-15-5-9-17(10-6-15)22(19)18-11-7-16(8-12-18)21-14(3)4/h5-14,19H,1-4H3. The molecule has 22 heavy (non-hydrogen) atoms. The zero-order valence-corrected chi connectivity index (χ0v) is 14.4. The number of benzene rings is 2. The maximum Gasteiger partial charge on any atom is 0.119 e. The maximum absolute atomic E-state index is 10.5. The van der Waals surface area contributed by atoms with Gasteiger partial charge in [-0.05, 0) is 76.2 Å². The van der Waals surface area contributed by atoms with Crippen molar-refractivity contribution in [1.29, 1.82) is 0 Å². The predicted octanol–water partition coefficient (Wildman–Crippen LogP) is 3.60. The average molecular weight is 318 g/mol. The fourth-order valence-electron chi connectivity index (χ4n) is 2.03. The van der Waals surface area contributed by atoms with Gasteiger partial charge in [0, 0.05) is 10.6 Å². The van der Waals surface area contributed by atoms with Gasteiger partial charge in [0.25, 0.3) is 0 Å². The maximum atomic E-state index is 10.5. The van der Waals surface area contributed by atoms with Crippen LogP contribution in [0.5, 0.6) is 11.5 Å². The van der Waals surface area contributed by atoms with Gasteiger partial charge < -0.3 is 14.4 Å². The van der Waals surface area contributed by atoms with Crippen LogP contribution in [0.2, 0.25) is 0 Å². The number of ether oxygens (including phenoxy) is 2. The predicted molar refractivity (Wildman–Crippen MR) is 92.8 cm³/mol. The number of hydrogen-bond acceptors (Lipinski definition) is 3. The van der Waals surface area contributed by atoms with Crippen molar-refractivity contribution in [3.8, 4) is 11.5 Å². The molecule has 0 aliphatic heterocycles. The van der Waals surface area contributed by atoms with E-state index in [4.69, 9.17) is 9.47 Å². The van der Waals surface area contributed by atoms with Crippen LogP contribution in [0, 0.1) is 0 Å². The highest BCUT2D eigenvalue weighted by atomic mass is 31.1. The van der Waals surface area contributed by atoms with E-state index in [1.807, 2.05) is 76.2 Å². The molecule has 2 aromatic carbocycles. The number of rotatable bonds is 6. The van der Waals surface area contributed by atoms with Crippen molar-refractivity contribution in [3.63, 3.8) is 0 Å². The molecule has 0 saturated carbocycles. The normalized spacial score (nSPS) is 11.3. The quantitative estimate of drug-likeness (QED) is 0.827. The van der Waals surface area contributed by atoms with Crippen molar-refractivity contribution in [1.82, 2.24) is 0 Å². The molecule has 0 amide bonds. The van der Waals surface area contributed by atoms with Gasteiger partial charge in [0.1, 0.15) is 11.5 Å². The molecule has 0 aliphatic rings. The summed E-state index contributed by atoms with van der Waals surface area (Å²) in [7, 11) is -1.35. The Morgan fingerprint density at radius 1 is 0.682 bits per heavy atom. The second-order valence-corrected chi connectivity index (χ2v) is 7.29. The first-order valence-corrected chi connectivity index (χ1v) is 8.77. The Morgan fingerprint density at radius 2 is 1.00 bits per heavy atom. The highest BCUT2D eigenvalue weighted by molar-refractivity contribution is 7.67. The minimum Gasteiger partial charge on any atom is -0.491 e. The minimum atomic E-state index is -1.35. The summed E-state index contributed by atoms with van der Waals surface area (Å²) >= 11 is 0. The van der Waals surface area contributed by atoms with Crippen molar-refractivity contribution < 1.29 is 14.4 Å². The molecular formula is C18H23O3P. The van der Waals surface area contributed by atoms with Gasteiger partial charge in [0.05, 0.1) is 20.4 Å². The van der Waals surface area contributed by atoms with Gasteiger partial charge in [-0.15, -0.1) is 0 Å². The summed E-state index contributed by atoms with van der Waals surface area (Å²) in [4.78, 5) is 10.5. The molecule has 2 rings (SSSR count). The molecule has 0 heterocycles. The Balaban J connectivity index is 2.08. The lowest BCUT2D eigenvalue weighted by atomic mass is 10.3. The van der Waals surface area contributed by atoms with Crippen LogP contribution in [0.4, 0.5) is 0 Å². The van der Waals surface area contributed by atoms with E-state index in [9.17, 15) is 4.89 Å². The summed E-state index contributed by atoms with van der Waals surface area (Å²) in [5, 5.41) is 1.81. The van der Waals surface area contributed by atoms with Gasteiger partial charge in [-0.25, -0.2) is 0 Å². The number of hydrogen-bond donors (Lipinski definition) is 1.